The summed E-state index contributed by atoms with van der Waals surface area (Å²) in [4.78, 5) is 15.1. The first kappa shape index (κ1) is 16.3. The van der Waals surface area contributed by atoms with E-state index < -0.39 is 10.0 Å². The quantitative estimate of drug-likeness (QED) is 0.898. The van der Waals surface area contributed by atoms with Crippen LogP contribution in [0.15, 0.2) is 27.5 Å². The highest BCUT2D eigenvalue weighted by Gasteiger charge is 2.33. The van der Waals surface area contributed by atoms with Gasteiger partial charge in [0.1, 0.15) is 0 Å². The van der Waals surface area contributed by atoms with Crippen molar-refractivity contribution in [3.05, 3.63) is 23.8 Å². The molecule has 2 aliphatic rings. The zero-order valence-electron chi connectivity index (χ0n) is 13.1. The average molecular weight is 353 g/mol. The molecule has 0 saturated heterocycles. The van der Waals surface area contributed by atoms with Crippen molar-refractivity contribution in [2.75, 3.05) is 17.2 Å². The molecule has 23 heavy (non-hydrogen) atoms. The highest BCUT2D eigenvalue weighted by atomic mass is 32.2. The second kappa shape index (κ2) is 6.16. The van der Waals surface area contributed by atoms with Crippen LogP contribution in [-0.2, 0) is 10.0 Å². The van der Waals surface area contributed by atoms with Gasteiger partial charge in [0.25, 0.3) is 15.9 Å². The summed E-state index contributed by atoms with van der Waals surface area (Å²) < 4.78 is 27.0. The molecule has 2 aliphatic heterocycles. The molecule has 8 heteroatoms. The lowest BCUT2D eigenvalue weighted by molar-refractivity contribution is 0.0938. The Balaban J connectivity index is 1.82. The van der Waals surface area contributed by atoms with Crippen molar-refractivity contribution in [1.29, 1.82) is 0 Å². The summed E-state index contributed by atoms with van der Waals surface area (Å²) in [5.74, 6) is -0.0819. The molecule has 0 unspecified atom stereocenters. The van der Waals surface area contributed by atoms with Crippen LogP contribution in [0, 0.1) is 0 Å². The van der Waals surface area contributed by atoms with Gasteiger partial charge in [0.2, 0.25) is 0 Å². The van der Waals surface area contributed by atoms with E-state index >= 15 is 0 Å². The van der Waals surface area contributed by atoms with E-state index in [0.717, 1.165) is 23.4 Å². The molecule has 0 radical (unpaired) electrons. The standard InChI is InChI=1S/C15H19N3O3S2/c1-3-4-10(2)16-14(19)11-5-6-12-13(9-11)22-15-17-23(20,21)8-7-18(12)15/h5-6,9-10H,3-4,7-8H2,1-2H3,(H,16,19)/t10-/m0/s1. The largest absolute Gasteiger partial charge is 0.350 e. The number of amides is 1. The van der Waals surface area contributed by atoms with Gasteiger partial charge in [-0.3, -0.25) is 4.79 Å². The maximum Gasteiger partial charge on any atom is 0.257 e. The average Bonchev–Trinajstić information content (AvgIpc) is 2.82. The summed E-state index contributed by atoms with van der Waals surface area (Å²) in [6.45, 7) is 4.48. The summed E-state index contributed by atoms with van der Waals surface area (Å²) in [6, 6.07) is 5.58. The van der Waals surface area contributed by atoms with Crippen LogP contribution >= 0.6 is 11.8 Å². The molecule has 2 heterocycles. The second-order valence-corrected chi connectivity index (χ2v) is 8.52. The van der Waals surface area contributed by atoms with E-state index in [9.17, 15) is 13.2 Å². The minimum Gasteiger partial charge on any atom is -0.350 e. The molecule has 6 nitrogen and oxygen atoms in total. The number of amidine groups is 1. The molecule has 1 aromatic rings. The fourth-order valence-electron chi connectivity index (χ4n) is 2.68. The summed E-state index contributed by atoms with van der Waals surface area (Å²) >= 11 is 1.30. The second-order valence-electron chi connectivity index (χ2n) is 5.76. The number of carbonyl (C=O) groups is 1. The molecule has 0 aromatic heterocycles. The fraction of sp³-hybridized carbons (Fsp3) is 0.467. The minimum atomic E-state index is -3.36. The van der Waals surface area contributed by atoms with Gasteiger partial charge < -0.3 is 10.2 Å². The van der Waals surface area contributed by atoms with Crippen molar-refractivity contribution >= 4 is 38.5 Å². The Hall–Kier alpha value is -1.54. The Bertz CT molecular complexity index is 774. The lowest BCUT2D eigenvalue weighted by Gasteiger charge is -2.22. The van der Waals surface area contributed by atoms with Crippen LogP contribution in [0.4, 0.5) is 5.69 Å². The van der Waals surface area contributed by atoms with Gasteiger partial charge in [-0.1, -0.05) is 13.3 Å². The number of thioether (sulfide) groups is 1. The summed E-state index contributed by atoms with van der Waals surface area (Å²) in [5, 5.41) is 3.45. The molecule has 1 aromatic carbocycles. The Kier molecular flexibility index (Phi) is 4.37. The van der Waals surface area contributed by atoms with Crippen LogP contribution in [0.25, 0.3) is 0 Å². The molecule has 1 N–H and O–H groups in total. The zero-order valence-corrected chi connectivity index (χ0v) is 14.7. The molecule has 0 saturated carbocycles. The number of sulfonamides is 1. The first-order valence-electron chi connectivity index (χ1n) is 7.62. The van der Waals surface area contributed by atoms with Gasteiger partial charge in [-0.15, -0.1) is 4.40 Å². The number of fused-ring (bicyclic) bond motifs is 3. The highest BCUT2D eigenvalue weighted by Crippen LogP contribution is 2.42. The molecular weight excluding hydrogens is 334 g/mol. The molecule has 3 rings (SSSR count). The van der Waals surface area contributed by atoms with Crippen molar-refractivity contribution in [2.24, 2.45) is 4.40 Å². The summed E-state index contributed by atoms with van der Waals surface area (Å²) in [6.07, 6.45) is 1.96. The van der Waals surface area contributed by atoms with Gasteiger partial charge in [-0.25, -0.2) is 8.42 Å². The van der Waals surface area contributed by atoms with E-state index in [2.05, 4.69) is 16.6 Å². The monoisotopic (exact) mass is 353 g/mol. The van der Waals surface area contributed by atoms with Crippen LogP contribution in [0.3, 0.4) is 0 Å². The Morgan fingerprint density at radius 3 is 3.00 bits per heavy atom. The van der Waals surface area contributed by atoms with Gasteiger partial charge in [-0.2, -0.15) is 0 Å². The van der Waals surface area contributed by atoms with Crippen molar-refractivity contribution in [1.82, 2.24) is 5.32 Å². The zero-order chi connectivity index (χ0) is 16.6. The molecule has 0 aliphatic carbocycles. The van der Waals surface area contributed by atoms with E-state index in [-0.39, 0.29) is 17.7 Å². The van der Waals surface area contributed by atoms with Crippen LogP contribution in [0.1, 0.15) is 37.0 Å². The van der Waals surface area contributed by atoms with Crippen LogP contribution in [0.5, 0.6) is 0 Å². The van der Waals surface area contributed by atoms with Gasteiger partial charge in [-0.05, 0) is 43.3 Å². The lowest BCUT2D eigenvalue weighted by Crippen LogP contribution is -2.35. The molecule has 1 atom stereocenters. The molecule has 0 spiro atoms. The maximum absolute atomic E-state index is 12.3. The van der Waals surface area contributed by atoms with E-state index in [0.29, 0.717) is 17.3 Å². The number of benzene rings is 1. The summed E-state index contributed by atoms with van der Waals surface area (Å²) in [7, 11) is -3.36. The Labute approximate surface area is 140 Å². The first-order chi connectivity index (χ1) is 10.9. The predicted molar refractivity (Wildman–Crippen MR) is 92.7 cm³/mol. The van der Waals surface area contributed by atoms with E-state index in [4.69, 9.17) is 0 Å². The number of nitrogens with zero attached hydrogens (tertiary/aromatic N) is 2. The topological polar surface area (TPSA) is 78.8 Å². The van der Waals surface area contributed by atoms with Crippen molar-refractivity contribution in [3.63, 3.8) is 0 Å². The van der Waals surface area contributed by atoms with Crippen LogP contribution < -0.4 is 10.2 Å². The molecule has 1 amide bonds. The molecule has 0 fully saturated rings. The number of rotatable bonds is 4. The SMILES string of the molecule is CCC[C@H](C)NC(=O)c1ccc2c(c1)SC1=NS(=O)(=O)CCN12. The predicted octanol–water partition coefficient (Wildman–Crippen LogP) is 2.22. The third-order valence-corrected chi connectivity index (χ3v) is 6.14. The Morgan fingerprint density at radius 2 is 2.26 bits per heavy atom. The lowest BCUT2D eigenvalue weighted by atomic mass is 10.1. The number of nitrogens with one attached hydrogen (secondary N) is 1. The van der Waals surface area contributed by atoms with Crippen LogP contribution in [-0.4, -0.2) is 37.8 Å². The molecular formula is C15H19N3O3S2. The number of anilines is 1. The van der Waals surface area contributed by atoms with Gasteiger partial charge in [0, 0.05) is 23.0 Å². The normalized spacial score (nSPS) is 19.6. The van der Waals surface area contributed by atoms with Crippen molar-refractivity contribution in [3.8, 4) is 0 Å². The van der Waals surface area contributed by atoms with Crippen LogP contribution in [0.2, 0.25) is 0 Å². The molecule has 124 valence electrons. The third-order valence-electron chi connectivity index (χ3n) is 3.83. The van der Waals surface area contributed by atoms with E-state index in [1.165, 1.54) is 11.8 Å². The number of hydrogen-bond acceptors (Lipinski definition) is 5. The number of hydrogen-bond donors (Lipinski definition) is 1. The van der Waals surface area contributed by atoms with E-state index in [1.807, 2.05) is 24.0 Å². The highest BCUT2D eigenvalue weighted by molar-refractivity contribution is 8.15. The number of carbonyl (C=O) groups excluding carboxylic acids is 1. The van der Waals surface area contributed by atoms with Crippen molar-refractivity contribution in [2.45, 2.75) is 37.6 Å². The smallest absolute Gasteiger partial charge is 0.257 e. The Morgan fingerprint density at radius 1 is 1.48 bits per heavy atom. The van der Waals surface area contributed by atoms with Gasteiger partial charge in [0.15, 0.2) is 5.17 Å². The third kappa shape index (κ3) is 3.37. The summed E-state index contributed by atoms with van der Waals surface area (Å²) in [5.41, 5.74) is 1.50. The van der Waals surface area contributed by atoms with Crippen molar-refractivity contribution < 1.29 is 13.2 Å². The maximum atomic E-state index is 12.3. The van der Waals surface area contributed by atoms with Gasteiger partial charge >= 0.3 is 0 Å². The van der Waals surface area contributed by atoms with E-state index in [1.54, 1.807) is 6.07 Å². The fourth-order valence-corrected chi connectivity index (χ4v) is 4.98. The first-order valence-corrected chi connectivity index (χ1v) is 10.0. The molecule has 0 bridgehead atoms. The minimum absolute atomic E-state index is 0.0211. The van der Waals surface area contributed by atoms with Gasteiger partial charge in [0.05, 0.1) is 11.4 Å².